The first-order valence-corrected chi connectivity index (χ1v) is 6.33. The number of thiophene rings is 1. The number of amides is 1. The lowest BCUT2D eigenvalue weighted by molar-refractivity contribution is -0.146. The van der Waals surface area contributed by atoms with Crippen LogP contribution in [0.1, 0.15) is 29.1 Å². The number of hydrogen-bond donors (Lipinski definition) is 2. The first-order chi connectivity index (χ1) is 8.38. The van der Waals surface area contributed by atoms with Gasteiger partial charge in [-0.25, -0.2) is 0 Å². The van der Waals surface area contributed by atoms with E-state index in [0.29, 0.717) is 11.5 Å². The maximum Gasteiger partial charge on any atom is 0.310 e. The fraction of sp³-hybridized carbons (Fsp3) is 0.500. The minimum absolute atomic E-state index is 0.0888. The Morgan fingerprint density at radius 3 is 2.72 bits per heavy atom. The summed E-state index contributed by atoms with van der Waals surface area (Å²) in [7, 11) is 1.56. The number of nitrogens with one attached hydrogen (secondary N) is 1. The standard InChI is InChI=1S/C12H17NO4S/c1-12(2,11(15)16)7-13-10(14)9-8(6-17-3)4-5-18-9/h4-5H,6-7H2,1-3H3,(H,13,14)(H,15,16). The van der Waals surface area contributed by atoms with Crippen LogP contribution < -0.4 is 5.32 Å². The molecule has 0 fully saturated rings. The summed E-state index contributed by atoms with van der Waals surface area (Å²) in [4.78, 5) is 23.4. The molecule has 18 heavy (non-hydrogen) atoms. The highest BCUT2D eigenvalue weighted by atomic mass is 32.1. The molecule has 0 aliphatic carbocycles. The van der Waals surface area contributed by atoms with E-state index in [-0.39, 0.29) is 12.5 Å². The first-order valence-electron chi connectivity index (χ1n) is 5.45. The molecule has 0 unspecified atom stereocenters. The van der Waals surface area contributed by atoms with Crippen molar-refractivity contribution in [1.29, 1.82) is 0 Å². The summed E-state index contributed by atoms with van der Waals surface area (Å²) in [5.74, 6) is -1.20. The van der Waals surface area contributed by atoms with Crippen molar-refractivity contribution in [2.24, 2.45) is 5.41 Å². The van der Waals surface area contributed by atoms with Crippen LogP contribution in [0.4, 0.5) is 0 Å². The summed E-state index contributed by atoms with van der Waals surface area (Å²) in [6.45, 7) is 3.60. The monoisotopic (exact) mass is 271 g/mol. The Morgan fingerprint density at radius 2 is 2.17 bits per heavy atom. The number of carboxylic acids is 1. The van der Waals surface area contributed by atoms with E-state index in [1.165, 1.54) is 11.3 Å². The summed E-state index contributed by atoms with van der Waals surface area (Å²) in [6, 6.07) is 1.82. The summed E-state index contributed by atoms with van der Waals surface area (Å²) in [6.07, 6.45) is 0. The zero-order chi connectivity index (χ0) is 13.8. The van der Waals surface area contributed by atoms with Gasteiger partial charge in [-0.3, -0.25) is 9.59 Å². The Hall–Kier alpha value is -1.40. The van der Waals surface area contributed by atoms with E-state index in [4.69, 9.17) is 9.84 Å². The third-order valence-corrected chi connectivity index (χ3v) is 3.48. The van der Waals surface area contributed by atoms with E-state index in [1.807, 2.05) is 11.4 Å². The van der Waals surface area contributed by atoms with Gasteiger partial charge in [-0.15, -0.1) is 11.3 Å². The lowest BCUT2D eigenvalue weighted by Crippen LogP contribution is -2.38. The molecule has 1 rings (SSSR count). The van der Waals surface area contributed by atoms with E-state index in [2.05, 4.69) is 5.32 Å². The minimum atomic E-state index is -0.978. The van der Waals surface area contributed by atoms with Crippen molar-refractivity contribution in [1.82, 2.24) is 5.32 Å². The molecule has 1 aromatic heterocycles. The molecular weight excluding hydrogens is 254 g/mol. The van der Waals surface area contributed by atoms with Crippen LogP contribution in [0.25, 0.3) is 0 Å². The molecule has 0 saturated carbocycles. The molecule has 6 heteroatoms. The maximum absolute atomic E-state index is 11.9. The molecule has 0 bridgehead atoms. The maximum atomic E-state index is 11.9. The second-order valence-electron chi connectivity index (χ2n) is 4.58. The molecule has 100 valence electrons. The molecule has 1 aromatic rings. The Kier molecular flexibility index (Phi) is 4.86. The van der Waals surface area contributed by atoms with Crippen molar-refractivity contribution in [2.75, 3.05) is 13.7 Å². The van der Waals surface area contributed by atoms with Crippen molar-refractivity contribution >= 4 is 23.2 Å². The van der Waals surface area contributed by atoms with Gasteiger partial charge in [0.05, 0.1) is 16.9 Å². The number of methoxy groups -OCH3 is 1. The third kappa shape index (κ3) is 3.54. The lowest BCUT2D eigenvalue weighted by atomic mass is 9.94. The van der Waals surface area contributed by atoms with Gasteiger partial charge in [-0.2, -0.15) is 0 Å². The zero-order valence-electron chi connectivity index (χ0n) is 10.6. The van der Waals surface area contributed by atoms with Crippen LogP contribution in [0.15, 0.2) is 11.4 Å². The largest absolute Gasteiger partial charge is 0.481 e. The second-order valence-corrected chi connectivity index (χ2v) is 5.50. The molecule has 0 spiro atoms. The first kappa shape index (κ1) is 14.7. The summed E-state index contributed by atoms with van der Waals surface area (Å²) in [5.41, 5.74) is -0.165. The molecule has 0 aliphatic heterocycles. The SMILES string of the molecule is COCc1ccsc1C(=O)NCC(C)(C)C(=O)O. The molecule has 0 saturated heterocycles. The van der Waals surface area contributed by atoms with Crippen LogP contribution >= 0.6 is 11.3 Å². The van der Waals surface area contributed by atoms with Crippen LogP contribution in [0.5, 0.6) is 0 Å². The lowest BCUT2D eigenvalue weighted by Gasteiger charge is -2.19. The summed E-state index contributed by atoms with van der Waals surface area (Å²) >= 11 is 1.32. The quantitative estimate of drug-likeness (QED) is 0.826. The van der Waals surface area contributed by atoms with Crippen LogP contribution in [0.2, 0.25) is 0 Å². The molecule has 1 heterocycles. The molecular formula is C12H17NO4S. The number of rotatable bonds is 6. The van der Waals surface area contributed by atoms with E-state index >= 15 is 0 Å². The number of ether oxygens (including phenoxy) is 1. The third-order valence-electron chi connectivity index (χ3n) is 2.52. The van der Waals surface area contributed by atoms with Gasteiger partial charge in [0.2, 0.25) is 0 Å². The Labute approximate surface area is 110 Å². The van der Waals surface area contributed by atoms with Gasteiger partial charge in [0.1, 0.15) is 0 Å². The number of hydrogen-bond acceptors (Lipinski definition) is 4. The van der Waals surface area contributed by atoms with Crippen LogP contribution in [-0.2, 0) is 16.1 Å². The highest BCUT2D eigenvalue weighted by Crippen LogP contribution is 2.19. The smallest absolute Gasteiger partial charge is 0.310 e. The summed E-state index contributed by atoms with van der Waals surface area (Å²) < 4.78 is 4.99. The van der Waals surface area contributed by atoms with Crippen LogP contribution in [-0.4, -0.2) is 30.6 Å². The van der Waals surface area contributed by atoms with E-state index in [9.17, 15) is 9.59 Å². The van der Waals surface area contributed by atoms with Gasteiger partial charge in [0.25, 0.3) is 5.91 Å². The van der Waals surface area contributed by atoms with Gasteiger partial charge in [0, 0.05) is 19.2 Å². The normalized spacial score (nSPS) is 11.3. The predicted molar refractivity (Wildman–Crippen MR) is 68.8 cm³/mol. The van der Waals surface area contributed by atoms with Gasteiger partial charge >= 0.3 is 5.97 Å². The highest BCUT2D eigenvalue weighted by Gasteiger charge is 2.28. The van der Waals surface area contributed by atoms with Crippen molar-refractivity contribution < 1.29 is 19.4 Å². The number of carbonyl (C=O) groups is 2. The van der Waals surface area contributed by atoms with Crippen LogP contribution in [0, 0.1) is 5.41 Å². The molecule has 5 nitrogen and oxygen atoms in total. The number of carbonyl (C=O) groups excluding carboxylic acids is 1. The summed E-state index contributed by atoms with van der Waals surface area (Å²) in [5, 5.41) is 13.4. The molecule has 1 amide bonds. The molecule has 0 aliphatic rings. The second kappa shape index (κ2) is 5.97. The van der Waals surface area contributed by atoms with Crippen LogP contribution in [0.3, 0.4) is 0 Å². The van der Waals surface area contributed by atoms with Crippen molar-refractivity contribution in [3.63, 3.8) is 0 Å². The topological polar surface area (TPSA) is 75.6 Å². The molecule has 0 radical (unpaired) electrons. The van der Waals surface area contributed by atoms with Gasteiger partial charge < -0.3 is 15.2 Å². The minimum Gasteiger partial charge on any atom is -0.481 e. The van der Waals surface area contributed by atoms with Crippen molar-refractivity contribution in [3.05, 3.63) is 21.9 Å². The van der Waals surface area contributed by atoms with Gasteiger partial charge in [-0.05, 0) is 25.3 Å². The molecule has 0 atom stereocenters. The highest BCUT2D eigenvalue weighted by molar-refractivity contribution is 7.12. The van der Waals surface area contributed by atoms with Crippen molar-refractivity contribution in [2.45, 2.75) is 20.5 Å². The Balaban J connectivity index is 2.66. The van der Waals surface area contributed by atoms with Gasteiger partial charge in [-0.1, -0.05) is 0 Å². The van der Waals surface area contributed by atoms with E-state index in [1.54, 1.807) is 21.0 Å². The van der Waals surface area contributed by atoms with E-state index < -0.39 is 11.4 Å². The molecule has 2 N–H and O–H groups in total. The Bertz CT molecular complexity index is 439. The number of aliphatic carboxylic acids is 1. The fourth-order valence-corrected chi connectivity index (χ4v) is 2.09. The van der Waals surface area contributed by atoms with Gasteiger partial charge in [0.15, 0.2) is 0 Å². The van der Waals surface area contributed by atoms with Crippen molar-refractivity contribution in [3.8, 4) is 0 Å². The average Bonchev–Trinajstić information content (AvgIpc) is 2.74. The zero-order valence-corrected chi connectivity index (χ0v) is 11.5. The predicted octanol–water partition coefficient (Wildman–Crippen LogP) is 1.74. The average molecular weight is 271 g/mol. The Morgan fingerprint density at radius 1 is 1.50 bits per heavy atom. The number of carboxylic acid groups (broad SMARTS) is 1. The molecule has 0 aromatic carbocycles. The van der Waals surface area contributed by atoms with E-state index in [0.717, 1.165) is 5.56 Å². The fourth-order valence-electron chi connectivity index (χ4n) is 1.26.